The van der Waals surface area contributed by atoms with Gasteiger partial charge >= 0.3 is 0 Å². The first-order valence-electron chi connectivity index (χ1n) is 6.86. The number of carbonyl (C=O) groups excluding carboxylic acids is 1. The highest BCUT2D eigenvalue weighted by molar-refractivity contribution is 5.83. The van der Waals surface area contributed by atoms with E-state index in [0.29, 0.717) is 22.9 Å². The van der Waals surface area contributed by atoms with Gasteiger partial charge in [0.2, 0.25) is 0 Å². The van der Waals surface area contributed by atoms with Crippen molar-refractivity contribution in [1.82, 2.24) is 15.0 Å². The number of carbonyl (C=O) groups is 1. The summed E-state index contributed by atoms with van der Waals surface area (Å²) in [6.07, 6.45) is 2.74. The van der Waals surface area contributed by atoms with E-state index in [0.717, 1.165) is 31.2 Å². The van der Waals surface area contributed by atoms with Crippen LogP contribution in [-0.2, 0) is 6.54 Å². The second-order valence-electron chi connectivity index (χ2n) is 4.59. The molecule has 0 atom stereocenters. The van der Waals surface area contributed by atoms with E-state index in [9.17, 15) is 4.79 Å². The van der Waals surface area contributed by atoms with Gasteiger partial charge in [0, 0.05) is 12.1 Å². The highest BCUT2D eigenvalue weighted by atomic mass is 16.5. The zero-order chi connectivity index (χ0) is 15.2. The smallest absolute Gasteiger partial charge is 0.172 e. The Morgan fingerprint density at radius 1 is 1.24 bits per heavy atom. The Balaban J connectivity index is 2.49. The maximum Gasteiger partial charge on any atom is 0.172 e. The number of aldehydes is 1. The minimum atomic E-state index is 0.332. The van der Waals surface area contributed by atoms with E-state index in [-0.39, 0.29) is 0 Å². The topological polar surface area (TPSA) is 66.2 Å². The predicted octanol–water partition coefficient (Wildman–Crippen LogP) is 2.57. The quantitative estimate of drug-likeness (QED) is 0.733. The highest BCUT2D eigenvalue weighted by Crippen LogP contribution is 2.33. The number of benzene rings is 1. The molecule has 0 spiro atoms. The van der Waals surface area contributed by atoms with Crippen molar-refractivity contribution in [2.75, 3.05) is 14.2 Å². The van der Waals surface area contributed by atoms with Gasteiger partial charge in [-0.2, -0.15) is 0 Å². The fourth-order valence-corrected chi connectivity index (χ4v) is 2.15. The minimum absolute atomic E-state index is 0.332. The van der Waals surface area contributed by atoms with Crippen LogP contribution in [0.2, 0.25) is 0 Å². The molecule has 0 N–H and O–H groups in total. The predicted molar refractivity (Wildman–Crippen MR) is 78.9 cm³/mol. The number of methoxy groups -OCH3 is 2. The molecule has 1 aromatic carbocycles. The van der Waals surface area contributed by atoms with Crippen molar-refractivity contribution in [2.45, 2.75) is 26.3 Å². The molecule has 0 aliphatic heterocycles. The van der Waals surface area contributed by atoms with Crippen LogP contribution in [0.3, 0.4) is 0 Å². The van der Waals surface area contributed by atoms with Gasteiger partial charge in [-0.1, -0.05) is 18.6 Å². The lowest BCUT2D eigenvalue weighted by Crippen LogP contribution is -2.03. The standard InChI is InChI=1S/C15H19N3O3/c1-4-5-8-18-15(12(10-19)16-17-18)11-6-7-13(20-2)14(9-11)21-3/h6-7,9-10H,4-5,8H2,1-3H3. The van der Waals surface area contributed by atoms with Crippen LogP contribution in [0.5, 0.6) is 11.5 Å². The third-order valence-electron chi connectivity index (χ3n) is 3.25. The third kappa shape index (κ3) is 3.04. The largest absolute Gasteiger partial charge is 0.493 e. The lowest BCUT2D eigenvalue weighted by Gasteiger charge is -2.11. The molecular formula is C15H19N3O3. The Morgan fingerprint density at radius 2 is 2.00 bits per heavy atom. The average Bonchev–Trinajstić information content (AvgIpc) is 2.95. The molecule has 0 unspecified atom stereocenters. The summed E-state index contributed by atoms with van der Waals surface area (Å²) in [4.78, 5) is 11.2. The number of ether oxygens (including phenoxy) is 2. The van der Waals surface area contributed by atoms with Gasteiger partial charge in [0.25, 0.3) is 0 Å². The molecular weight excluding hydrogens is 270 g/mol. The van der Waals surface area contributed by atoms with Crippen molar-refractivity contribution in [2.24, 2.45) is 0 Å². The number of unbranched alkanes of at least 4 members (excludes halogenated alkanes) is 1. The van der Waals surface area contributed by atoms with Gasteiger partial charge in [0.15, 0.2) is 23.5 Å². The number of hydrogen-bond donors (Lipinski definition) is 0. The minimum Gasteiger partial charge on any atom is -0.493 e. The van der Waals surface area contributed by atoms with Crippen molar-refractivity contribution in [3.8, 4) is 22.8 Å². The van der Waals surface area contributed by atoms with Crippen LogP contribution in [0.4, 0.5) is 0 Å². The van der Waals surface area contributed by atoms with E-state index >= 15 is 0 Å². The number of rotatable bonds is 7. The Labute approximate surface area is 123 Å². The molecule has 2 rings (SSSR count). The molecule has 2 aromatic rings. The molecule has 112 valence electrons. The molecule has 0 saturated carbocycles. The maximum absolute atomic E-state index is 11.2. The van der Waals surface area contributed by atoms with Gasteiger partial charge in [0.1, 0.15) is 0 Å². The molecule has 6 heteroatoms. The Kier molecular flexibility index (Phi) is 4.92. The SMILES string of the molecule is CCCCn1nnc(C=O)c1-c1ccc(OC)c(OC)c1. The van der Waals surface area contributed by atoms with Gasteiger partial charge < -0.3 is 9.47 Å². The molecule has 0 bridgehead atoms. The van der Waals surface area contributed by atoms with Crippen LogP contribution in [0.15, 0.2) is 18.2 Å². The zero-order valence-corrected chi connectivity index (χ0v) is 12.5. The molecule has 6 nitrogen and oxygen atoms in total. The van der Waals surface area contributed by atoms with Crippen molar-refractivity contribution >= 4 is 6.29 Å². The van der Waals surface area contributed by atoms with Crippen molar-refractivity contribution in [3.05, 3.63) is 23.9 Å². The number of nitrogens with zero attached hydrogens (tertiary/aromatic N) is 3. The van der Waals surface area contributed by atoms with Crippen LogP contribution >= 0.6 is 0 Å². The van der Waals surface area contributed by atoms with E-state index in [1.165, 1.54) is 0 Å². The first-order valence-corrected chi connectivity index (χ1v) is 6.86. The van der Waals surface area contributed by atoms with Crippen molar-refractivity contribution < 1.29 is 14.3 Å². The van der Waals surface area contributed by atoms with E-state index in [1.54, 1.807) is 25.0 Å². The zero-order valence-electron chi connectivity index (χ0n) is 12.5. The van der Waals surface area contributed by atoms with Crippen LogP contribution in [-0.4, -0.2) is 35.5 Å². The first kappa shape index (κ1) is 15.0. The lowest BCUT2D eigenvalue weighted by molar-refractivity contribution is 0.111. The van der Waals surface area contributed by atoms with E-state index in [1.807, 2.05) is 12.1 Å². The molecule has 0 radical (unpaired) electrons. The summed E-state index contributed by atoms with van der Waals surface area (Å²) in [5.74, 6) is 1.25. The van der Waals surface area contributed by atoms with E-state index < -0.39 is 0 Å². The molecule has 0 aliphatic rings. The normalized spacial score (nSPS) is 10.4. The van der Waals surface area contributed by atoms with Gasteiger partial charge in [-0.05, 0) is 24.6 Å². The Morgan fingerprint density at radius 3 is 2.62 bits per heavy atom. The van der Waals surface area contributed by atoms with Crippen molar-refractivity contribution in [3.63, 3.8) is 0 Å². The van der Waals surface area contributed by atoms with Crippen LogP contribution in [0.1, 0.15) is 30.3 Å². The average molecular weight is 289 g/mol. The summed E-state index contributed by atoms with van der Waals surface area (Å²) in [5, 5.41) is 8.00. The fourth-order valence-electron chi connectivity index (χ4n) is 2.15. The molecule has 1 aromatic heterocycles. The summed E-state index contributed by atoms with van der Waals surface area (Å²) < 4.78 is 12.3. The summed E-state index contributed by atoms with van der Waals surface area (Å²) >= 11 is 0. The summed E-state index contributed by atoms with van der Waals surface area (Å²) in [6.45, 7) is 2.83. The maximum atomic E-state index is 11.2. The molecule has 0 saturated heterocycles. The van der Waals surface area contributed by atoms with E-state index in [4.69, 9.17) is 9.47 Å². The molecule has 21 heavy (non-hydrogen) atoms. The third-order valence-corrected chi connectivity index (χ3v) is 3.25. The van der Waals surface area contributed by atoms with Gasteiger partial charge in [-0.3, -0.25) is 4.79 Å². The summed E-state index contributed by atoms with van der Waals surface area (Å²) in [7, 11) is 3.16. The van der Waals surface area contributed by atoms with Crippen LogP contribution in [0, 0.1) is 0 Å². The van der Waals surface area contributed by atoms with E-state index in [2.05, 4.69) is 17.2 Å². The second kappa shape index (κ2) is 6.88. The molecule has 0 aliphatic carbocycles. The van der Waals surface area contributed by atoms with Crippen LogP contribution < -0.4 is 9.47 Å². The molecule has 0 amide bonds. The highest BCUT2D eigenvalue weighted by Gasteiger charge is 2.16. The van der Waals surface area contributed by atoms with Gasteiger partial charge in [-0.25, -0.2) is 4.68 Å². The first-order chi connectivity index (χ1) is 10.2. The van der Waals surface area contributed by atoms with Gasteiger partial charge in [-0.15, -0.1) is 5.10 Å². The fraction of sp³-hybridized carbons (Fsp3) is 0.400. The molecule has 0 fully saturated rings. The number of aryl methyl sites for hydroxylation is 1. The monoisotopic (exact) mass is 289 g/mol. The number of hydrogen-bond acceptors (Lipinski definition) is 5. The lowest BCUT2D eigenvalue weighted by atomic mass is 10.1. The Bertz CT molecular complexity index is 623. The number of aromatic nitrogens is 3. The molecule has 1 heterocycles. The Hall–Kier alpha value is -2.37. The van der Waals surface area contributed by atoms with Crippen LogP contribution in [0.25, 0.3) is 11.3 Å². The summed E-state index contributed by atoms with van der Waals surface area (Å²) in [6, 6.07) is 5.50. The summed E-state index contributed by atoms with van der Waals surface area (Å²) in [5.41, 5.74) is 1.87. The second-order valence-corrected chi connectivity index (χ2v) is 4.59. The van der Waals surface area contributed by atoms with Gasteiger partial charge in [0.05, 0.1) is 19.9 Å². The van der Waals surface area contributed by atoms with Crippen molar-refractivity contribution in [1.29, 1.82) is 0 Å².